The van der Waals surface area contributed by atoms with Gasteiger partial charge in [0.2, 0.25) is 5.82 Å². The molecule has 0 bridgehead atoms. The minimum absolute atomic E-state index is 0.147. The predicted octanol–water partition coefficient (Wildman–Crippen LogP) is 5.54. The monoisotopic (exact) mass is 480 g/mol. The molecule has 0 amide bonds. The molecule has 6 nitrogen and oxygen atoms in total. The fourth-order valence-electron chi connectivity index (χ4n) is 4.44. The van der Waals surface area contributed by atoms with Crippen LogP contribution in [0.4, 0.5) is 0 Å². The Hall–Kier alpha value is -2.74. The first-order valence-electron chi connectivity index (χ1n) is 11.1. The second-order valence-corrected chi connectivity index (χ2v) is 9.30. The van der Waals surface area contributed by atoms with Crippen molar-refractivity contribution in [3.05, 3.63) is 76.3 Å². The molecular formula is C25H25ClN4O2S. The van der Waals surface area contributed by atoms with Gasteiger partial charge in [-0.1, -0.05) is 52.7 Å². The number of benzene rings is 2. The quantitative estimate of drug-likeness (QED) is 0.481. The average Bonchev–Trinajstić information content (AvgIpc) is 3.49. The first kappa shape index (κ1) is 22.1. The normalized spacial score (nSPS) is 20.9. The maximum absolute atomic E-state index is 6.32. The molecule has 170 valence electrons. The molecule has 5 rings (SSSR count). The summed E-state index contributed by atoms with van der Waals surface area (Å²) < 4.78 is 11.7. The van der Waals surface area contributed by atoms with E-state index in [1.165, 1.54) is 0 Å². The van der Waals surface area contributed by atoms with Gasteiger partial charge in [0.1, 0.15) is 0 Å². The highest BCUT2D eigenvalue weighted by molar-refractivity contribution is 7.80. The van der Waals surface area contributed by atoms with Gasteiger partial charge in [-0.25, -0.2) is 0 Å². The molecule has 1 saturated heterocycles. The van der Waals surface area contributed by atoms with Gasteiger partial charge in [0.25, 0.3) is 5.89 Å². The molecule has 2 aromatic carbocycles. The molecule has 1 fully saturated rings. The van der Waals surface area contributed by atoms with E-state index in [0.717, 1.165) is 47.4 Å². The first-order chi connectivity index (χ1) is 16.0. The number of hydrogen-bond donors (Lipinski definition) is 1. The Kier molecular flexibility index (Phi) is 6.19. The van der Waals surface area contributed by atoms with E-state index in [9.17, 15) is 0 Å². The van der Waals surface area contributed by atoms with Crippen LogP contribution in [-0.2, 0) is 4.74 Å². The molecule has 3 heterocycles. The van der Waals surface area contributed by atoms with Crippen LogP contribution in [0.25, 0.3) is 17.0 Å². The van der Waals surface area contributed by atoms with Gasteiger partial charge in [-0.05, 0) is 62.7 Å². The van der Waals surface area contributed by atoms with E-state index < -0.39 is 0 Å². The van der Waals surface area contributed by atoms with Gasteiger partial charge in [0, 0.05) is 22.9 Å². The lowest BCUT2D eigenvalue weighted by molar-refractivity contribution is 0.0962. The van der Waals surface area contributed by atoms with Crippen molar-refractivity contribution < 1.29 is 9.26 Å². The highest BCUT2D eigenvalue weighted by atomic mass is 35.5. The third-order valence-corrected chi connectivity index (χ3v) is 6.69. The Bertz CT molecular complexity index is 1220. The van der Waals surface area contributed by atoms with Gasteiger partial charge in [0.15, 0.2) is 5.11 Å². The van der Waals surface area contributed by atoms with Crippen LogP contribution in [0.15, 0.2) is 58.8 Å². The summed E-state index contributed by atoms with van der Waals surface area (Å²) in [7, 11) is 0. The summed E-state index contributed by atoms with van der Waals surface area (Å²) in [4.78, 5) is 6.86. The lowest BCUT2D eigenvalue weighted by Crippen LogP contribution is -2.48. The number of aryl methyl sites for hydroxylation is 1. The SMILES string of the molecule is CC1=C(c2nc(-c3cccc(C)c3)no2)C(c2cccc(Cl)c2)NC(=S)N1CC1CCCO1. The molecule has 3 aromatic rings. The van der Waals surface area contributed by atoms with Crippen molar-refractivity contribution in [3.8, 4) is 11.4 Å². The molecule has 2 atom stereocenters. The minimum Gasteiger partial charge on any atom is -0.376 e. The number of nitrogens with zero attached hydrogens (tertiary/aromatic N) is 3. The van der Waals surface area contributed by atoms with E-state index in [0.29, 0.717) is 28.4 Å². The number of allylic oxidation sites excluding steroid dienone is 1. The van der Waals surface area contributed by atoms with Crippen LogP contribution < -0.4 is 5.32 Å². The van der Waals surface area contributed by atoms with Gasteiger partial charge in [-0.15, -0.1) is 0 Å². The van der Waals surface area contributed by atoms with Crippen molar-refractivity contribution in [2.24, 2.45) is 0 Å². The largest absolute Gasteiger partial charge is 0.376 e. The average molecular weight is 481 g/mol. The molecule has 1 aromatic heterocycles. The van der Waals surface area contributed by atoms with E-state index in [-0.39, 0.29) is 12.1 Å². The number of hydrogen-bond acceptors (Lipinski definition) is 5. The van der Waals surface area contributed by atoms with Crippen molar-refractivity contribution in [2.75, 3.05) is 13.2 Å². The van der Waals surface area contributed by atoms with Gasteiger partial charge < -0.3 is 19.5 Å². The number of nitrogens with one attached hydrogen (secondary N) is 1. The summed E-state index contributed by atoms with van der Waals surface area (Å²) in [5, 5.41) is 9.06. The summed E-state index contributed by atoms with van der Waals surface area (Å²) in [6, 6.07) is 15.5. The smallest absolute Gasteiger partial charge is 0.258 e. The summed E-state index contributed by atoms with van der Waals surface area (Å²) in [6.07, 6.45) is 2.25. The molecule has 33 heavy (non-hydrogen) atoms. The summed E-state index contributed by atoms with van der Waals surface area (Å²) in [5.74, 6) is 1.01. The van der Waals surface area contributed by atoms with E-state index in [1.54, 1.807) is 0 Å². The number of aromatic nitrogens is 2. The molecular weight excluding hydrogens is 456 g/mol. The number of halogens is 1. The molecule has 2 aliphatic rings. The maximum atomic E-state index is 6.32. The number of ether oxygens (including phenoxy) is 1. The van der Waals surface area contributed by atoms with Gasteiger partial charge in [-0.2, -0.15) is 4.98 Å². The third-order valence-electron chi connectivity index (χ3n) is 6.12. The summed E-state index contributed by atoms with van der Waals surface area (Å²) in [5.41, 5.74) is 4.89. The van der Waals surface area contributed by atoms with Crippen molar-refractivity contribution in [3.63, 3.8) is 0 Å². The number of thiocarbonyl (C=S) groups is 1. The van der Waals surface area contributed by atoms with Crippen LogP contribution in [0.5, 0.6) is 0 Å². The summed E-state index contributed by atoms with van der Waals surface area (Å²) >= 11 is 12.1. The van der Waals surface area contributed by atoms with E-state index in [1.807, 2.05) is 62.4 Å². The Morgan fingerprint density at radius 1 is 1.18 bits per heavy atom. The van der Waals surface area contributed by atoms with E-state index in [4.69, 9.17) is 38.1 Å². The van der Waals surface area contributed by atoms with Crippen LogP contribution in [0.2, 0.25) is 5.02 Å². The highest BCUT2D eigenvalue weighted by Gasteiger charge is 2.35. The topological polar surface area (TPSA) is 63.4 Å². The predicted molar refractivity (Wildman–Crippen MR) is 133 cm³/mol. The molecule has 0 aliphatic carbocycles. The maximum Gasteiger partial charge on any atom is 0.258 e. The molecule has 2 unspecified atom stereocenters. The summed E-state index contributed by atoms with van der Waals surface area (Å²) in [6.45, 7) is 5.57. The fraction of sp³-hybridized carbons (Fsp3) is 0.320. The lowest BCUT2D eigenvalue weighted by Gasteiger charge is -2.38. The minimum atomic E-state index is -0.261. The molecule has 1 N–H and O–H groups in total. The molecule has 0 spiro atoms. The second kappa shape index (κ2) is 9.25. The Labute approximate surface area is 203 Å². The van der Waals surface area contributed by atoms with E-state index in [2.05, 4.69) is 15.4 Å². The van der Waals surface area contributed by atoms with Crippen LogP contribution in [0, 0.1) is 6.92 Å². The van der Waals surface area contributed by atoms with Gasteiger partial charge in [-0.3, -0.25) is 0 Å². The highest BCUT2D eigenvalue weighted by Crippen LogP contribution is 2.38. The first-order valence-corrected chi connectivity index (χ1v) is 11.8. The van der Waals surface area contributed by atoms with Crippen LogP contribution in [-0.4, -0.2) is 39.4 Å². The lowest BCUT2D eigenvalue weighted by atomic mass is 9.94. The van der Waals surface area contributed by atoms with Gasteiger partial charge >= 0.3 is 0 Å². The fourth-order valence-corrected chi connectivity index (χ4v) is 4.97. The molecule has 0 radical (unpaired) electrons. The van der Waals surface area contributed by atoms with Crippen LogP contribution in [0.3, 0.4) is 0 Å². The zero-order valence-corrected chi connectivity index (χ0v) is 20.1. The van der Waals surface area contributed by atoms with Crippen LogP contribution >= 0.6 is 23.8 Å². The Balaban J connectivity index is 1.58. The zero-order chi connectivity index (χ0) is 22.9. The standard InChI is InChI=1S/C25H25ClN4O2S/c1-15-6-3-8-18(12-15)23-28-24(32-29-23)21-16(2)30(14-20-10-5-11-31-20)25(33)27-22(21)17-7-4-9-19(26)13-17/h3-4,6-9,12-13,20,22H,5,10-11,14H2,1-2H3,(H,27,33). The Morgan fingerprint density at radius 3 is 2.79 bits per heavy atom. The third kappa shape index (κ3) is 4.53. The number of rotatable bonds is 5. The van der Waals surface area contributed by atoms with Crippen molar-refractivity contribution >= 4 is 34.5 Å². The van der Waals surface area contributed by atoms with Crippen molar-refractivity contribution in [1.82, 2.24) is 20.4 Å². The van der Waals surface area contributed by atoms with Crippen LogP contribution in [0.1, 0.15) is 42.8 Å². The van der Waals surface area contributed by atoms with Crippen molar-refractivity contribution in [1.29, 1.82) is 0 Å². The van der Waals surface area contributed by atoms with Gasteiger partial charge in [0.05, 0.1) is 24.3 Å². The Morgan fingerprint density at radius 2 is 2.03 bits per heavy atom. The molecule has 8 heteroatoms. The molecule has 0 saturated carbocycles. The second-order valence-electron chi connectivity index (χ2n) is 8.47. The zero-order valence-electron chi connectivity index (χ0n) is 18.5. The molecule has 2 aliphatic heterocycles. The van der Waals surface area contributed by atoms with E-state index >= 15 is 0 Å². The van der Waals surface area contributed by atoms with Crippen molar-refractivity contribution in [2.45, 2.75) is 38.8 Å².